The van der Waals surface area contributed by atoms with Crippen LogP contribution < -0.4 is 0 Å². The molecule has 0 aromatic heterocycles. The van der Waals surface area contributed by atoms with Gasteiger partial charge in [0.05, 0.1) is 52.9 Å². The first kappa shape index (κ1) is 15.2. The van der Waals surface area contributed by atoms with Gasteiger partial charge in [0.25, 0.3) is 0 Å². The first-order valence-electron chi connectivity index (χ1n) is 6.00. The van der Waals surface area contributed by atoms with Gasteiger partial charge in [-0.3, -0.25) is 0 Å². The number of hydrogen-bond acceptors (Lipinski definition) is 7. The van der Waals surface area contributed by atoms with Crippen LogP contribution in [0, 0.1) is 0 Å². The molecule has 106 valence electrons. The molecule has 0 aromatic rings. The van der Waals surface area contributed by atoms with Crippen LogP contribution in [0.4, 0.5) is 4.79 Å². The standard InChI is InChI=1S/C11H20O7/c12-11-17-9-7-15-5-3-13-1-2-14-4-6-16-8-10-18-11/h1-10H2. The smallest absolute Gasteiger partial charge is 0.432 e. The number of carbonyl (C=O) groups excluding carboxylic acids is 1. The Hall–Kier alpha value is -0.890. The highest BCUT2D eigenvalue weighted by atomic mass is 16.7. The van der Waals surface area contributed by atoms with Crippen LogP contribution in [-0.4, -0.2) is 72.2 Å². The molecule has 0 saturated carbocycles. The van der Waals surface area contributed by atoms with Crippen LogP contribution in [-0.2, 0) is 28.4 Å². The summed E-state index contributed by atoms with van der Waals surface area (Å²) >= 11 is 0. The largest absolute Gasteiger partial charge is 0.508 e. The van der Waals surface area contributed by atoms with Crippen molar-refractivity contribution in [3.8, 4) is 0 Å². The second kappa shape index (κ2) is 11.2. The third-order valence-electron chi connectivity index (χ3n) is 2.01. The molecule has 0 aromatic carbocycles. The van der Waals surface area contributed by atoms with Crippen molar-refractivity contribution in [1.82, 2.24) is 0 Å². The fraction of sp³-hybridized carbons (Fsp3) is 0.909. The molecule has 0 aliphatic carbocycles. The predicted molar refractivity (Wildman–Crippen MR) is 60.6 cm³/mol. The summed E-state index contributed by atoms with van der Waals surface area (Å²) in [7, 11) is 0. The van der Waals surface area contributed by atoms with E-state index in [0.29, 0.717) is 52.9 Å². The van der Waals surface area contributed by atoms with Crippen molar-refractivity contribution in [3.63, 3.8) is 0 Å². The lowest BCUT2D eigenvalue weighted by atomic mass is 10.7. The van der Waals surface area contributed by atoms with E-state index >= 15 is 0 Å². The van der Waals surface area contributed by atoms with E-state index in [4.69, 9.17) is 28.4 Å². The number of carbonyl (C=O) groups is 1. The Labute approximate surface area is 106 Å². The number of hydrogen-bond donors (Lipinski definition) is 0. The monoisotopic (exact) mass is 264 g/mol. The van der Waals surface area contributed by atoms with Gasteiger partial charge in [-0.1, -0.05) is 0 Å². The van der Waals surface area contributed by atoms with Crippen LogP contribution in [0.15, 0.2) is 0 Å². The van der Waals surface area contributed by atoms with Crippen LogP contribution >= 0.6 is 0 Å². The van der Waals surface area contributed by atoms with Gasteiger partial charge in [-0.05, 0) is 0 Å². The molecule has 1 rings (SSSR count). The molecular formula is C11H20O7. The Balaban J connectivity index is 2.11. The SMILES string of the molecule is O=C1OCCOCCOCCOCCOCCO1. The van der Waals surface area contributed by atoms with E-state index in [1.54, 1.807) is 0 Å². The Morgan fingerprint density at radius 3 is 1.11 bits per heavy atom. The maximum absolute atomic E-state index is 11.0. The van der Waals surface area contributed by atoms with Crippen LogP contribution in [0.3, 0.4) is 0 Å². The Morgan fingerprint density at radius 2 is 0.778 bits per heavy atom. The Bertz CT molecular complexity index is 190. The van der Waals surface area contributed by atoms with E-state index in [0.717, 1.165) is 0 Å². The predicted octanol–water partition coefficient (Wildman–Crippen LogP) is 0.220. The third-order valence-corrected chi connectivity index (χ3v) is 2.01. The molecule has 0 amide bonds. The quantitative estimate of drug-likeness (QED) is 0.579. The van der Waals surface area contributed by atoms with E-state index in [9.17, 15) is 4.79 Å². The van der Waals surface area contributed by atoms with E-state index in [1.807, 2.05) is 0 Å². The van der Waals surface area contributed by atoms with Gasteiger partial charge in [-0.15, -0.1) is 0 Å². The minimum Gasteiger partial charge on any atom is -0.432 e. The molecule has 0 unspecified atom stereocenters. The maximum Gasteiger partial charge on any atom is 0.508 e. The minimum absolute atomic E-state index is 0.169. The van der Waals surface area contributed by atoms with Gasteiger partial charge < -0.3 is 28.4 Å². The molecule has 0 N–H and O–H groups in total. The molecule has 0 radical (unpaired) electrons. The summed E-state index contributed by atoms with van der Waals surface area (Å²) in [6.07, 6.45) is -0.709. The highest BCUT2D eigenvalue weighted by Crippen LogP contribution is 1.89. The van der Waals surface area contributed by atoms with E-state index in [1.165, 1.54) is 0 Å². The van der Waals surface area contributed by atoms with E-state index in [-0.39, 0.29) is 13.2 Å². The number of cyclic esters (lactones) is 2. The van der Waals surface area contributed by atoms with Crippen molar-refractivity contribution in [2.45, 2.75) is 0 Å². The zero-order valence-corrected chi connectivity index (χ0v) is 10.4. The van der Waals surface area contributed by atoms with Gasteiger partial charge in [-0.25, -0.2) is 4.79 Å². The molecule has 1 aliphatic rings. The second-order valence-corrected chi connectivity index (χ2v) is 3.40. The van der Waals surface area contributed by atoms with Gasteiger partial charge in [0.15, 0.2) is 0 Å². The van der Waals surface area contributed by atoms with Crippen molar-refractivity contribution < 1.29 is 33.2 Å². The summed E-state index contributed by atoms with van der Waals surface area (Å²) in [6, 6.07) is 0. The van der Waals surface area contributed by atoms with Gasteiger partial charge in [0.1, 0.15) is 13.2 Å². The van der Waals surface area contributed by atoms with Gasteiger partial charge in [0.2, 0.25) is 0 Å². The summed E-state index contributed by atoms with van der Waals surface area (Å²) in [4.78, 5) is 11.0. The number of ether oxygens (including phenoxy) is 6. The third kappa shape index (κ3) is 9.17. The molecule has 7 nitrogen and oxygen atoms in total. The zero-order chi connectivity index (χ0) is 12.9. The highest BCUT2D eigenvalue weighted by molar-refractivity contribution is 5.59. The molecule has 1 saturated heterocycles. The molecule has 1 aliphatic heterocycles. The first-order chi connectivity index (χ1) is 8.89. The maximum atomic E-state index is 11.0. The molecule has 18 heavy (non-hydrogen) atoms. The van der Waals surface area contributed by atoms with E-state index in [2.05, 4.69) is 0 Å². The first-order valence-corrected chi connectivity index (χ1v) is 6.00. The average Bonchev–Trinajstić information content (AvgIpc) is 2.37. The lowest BCUT2D eigenvalue weighted by Crippen LogP contribution is -2.16. The van der Waals surface area contributed by atoms with Crippen LogP contribution in [0.25, 0.3) is 0 Å². The second-order valence-electron chi connectivity index (χ2n) is 3.40. The lowest BCUT2D eigenvalue weighted by molar-refractivity contribution is -0.00426. The normalized spacial score (nSPS) is 22.6. The molecular weight excluding hydrogens is 244 g/mol. The van der Waals surface area contributed by atoms with Crippen LogP contribution in [0.5, 0.6) is 0 Å². The minimum atomic E-state index is -0.709. The van der Waals surface area contributed by atoms with Crippen molar-refractivity contribution in [3.05, 3.63) is 0 Å². The van der Waals surface area contributed by atoms with Gasteiger partial charge in [0, 0.05) is 0 Å². The highest BCUT2D eigenvalue weighted by Gasteiger charge is 2.03. The average molecular weight is 264 g/mol. The Kier molecular flexibility index (Phi) is 9.45. The van der Waals surface area contributed by atoms with Crippen LogP contribution in [0.2, 0.25) is 0 Å². The van der Waals surface area contributed by atoms with E-state index < -0.39 is 6.16 Å². The van der Waals surface area contributed by atoms with Gasteiger partial charge in [-0.2, -0.15) is 0 Å². The molecule has 0 atom stereocenters. The molecule has 7 heteroatoms. The van der Waals surface area contributed by atoms with Crippen molar-refractivity contribution >= 4 is 6.16 Å². The fourth-order valence-electron chi connectivity index (χ4n) is 1.17. The topological polar surface area (TPSA) is 72.5 Å². The number of rotatable bonds is 0. The fourth-order valence-corrected chi connectivity index (χ4v) is 1.17. The summed E-state index contributed by atoms with van der Waals surface area (Å²) in [5.74, 6) is 0. The van der Waals surface area contributed by atoms with Crippen LogP contribution in [0.1, 0.15) is 0 Å². The molecule has 1 heterocycles. The summed E-state index contributed by atoms with van der Waals surface area (Å²) in [5.41, 5.74) is 0. The summed E-state index contributed by atoms with van der Waals surface area (Å²) < 4.78 is 30.4. The lowest BCUT2D eigenvalue weighted by Gasteiger charge is -2.07. The molecule has 0 bridgehead atoms. The zero-order valence-electron chi connectivity index (χ0n) is 10.4. The van der Waals surface area contributed by atoms with Crippen molar-refractivity contribution in [2.75, 3.05) is 66.1 Å². The molecule has 0 spiro atoms. The van der Waals surface area contributed by atoms with Gasteiger partial charge >= 0.3 is 6.16 Å². The van der Waals surface area contributed by atoms with Crippen molar-refractivity contribution in [1.29, 1.82) is 0 Å². The van der Waals surface area contributed by atoms with Crippen molar-refractivity contribution in [2.24, 2.45) is 0 Å². The Morgan fingerprint density at radius 1 is 0.500 bits per heavy atom. The summed E-state index contributed by atoms with van der Waals surface area (Å²) in [6.45, 7) is 3.95. The summed E-state index contributed by atoms with van der Waals surface area (Å²) in [5, 5.41) is 0. The molecule has 1 fully saturated rings.